The standard InChI is InChI=1S/C23H31NO3/c1-3-13-24(14-12-18(2)20-10-7-11-22(25)16-20)17-21(23(26)27)15-19-8-5-4-6-9-19/h4-11,16,18,21,25H,3,12-15,17H2,1-2H3,(H,26,27). The summed E-state index contributed by atoms with van der Waals surface area (Å²) in [4.78, 5) is 14.1. The number of carboxylic acid groups (broad SMARTS) is 1. The highest BCUT2D eigenvalue weighted by atomic mass is 16.4. The van der Waals surface area contributed by atoms with Crippen molar-refractivity contribution < 1.29 is 15.0 Å². The van der Waals surface area contributed by atoms with Crippen LogP contribution in [0.1, 0.15) is 43.7 Å². The van der Waals surface area contributed by atoms with Crippen molar-refractivity contribution in [3.63, 3.8) is 0 Å². The maximum absolute atomic E-state index is 11.8. The van der Waals surface area contributed by atoms with Crippen LogP contribution in [0.4, 0.5) is 0 Å². The highest BCUT2D eigenvalue weighted by Gasteiger charge is 2.22. The minimum absolute atomic E-state index is 0.290. The predicted molar refractivity (Wildman–Crippen MR) is 109 cm³/mol. The third kappa shape index (κ3) is 7.06. The fourth-order valence-corrected chi connectivity index (χ4v) is 3.43. The van der Waals surface area contributed by atoms with Crippen LogP contribution in [-0.4, -0.2) is 40.7 Å². The average molecular weight is 370 g/mol. The van der Waals surface area contributed by atoms with Crippen molar-refractivity contribution in [2.75, 3.05) is 19.6 Å². The normalized spacial score (nSPS) is 13.4. The van der Waals surface area contributed by atoms with Gasteiger partial charge < -0.3 is 15.1 Å². The van der Waals surface area contributed by atoms with E-state index in [1.807, 2.05) is 48.5 Å². The van der Waals surface area contributed by atoms with Crippen molar-refractivity contribution in [3.05, 3.63) is 65.7 Å². The fraction of sp³-hybridized carbons (Fsp3) is 0.435. The largest absolute Gasteiger partial charge is 0.508 e. The molecule has 0 aliphatic carbocycles. The van der Waals surface area contributed by atoms with Crippen LogP contribution in [0.3, 0.4) is 0 Å². The molecule has 4 nitrogen and oxygen atoms in total. The summed E-state index contributed by atoms with van der Waals surface area (Å²) in [5.74, 6) is -0.538. The molecule has 0 fully saturated rings. The minimum atomic E-state index is -0.735. The lowest BCUT2D eigenvalue weighted by atomic mass is 9.96. The molecule has 0 radical (unpaired) electrons. The zero-order valence-electron chi connectivity index (χ0n) is 16.3. The zero-order chi connectivity index (χ0) is 19.6. The first-order valence-electron chi connectivity index (χ1n) is 9.77. The maximum atomic E-state index is 11.8. The minimum Gasteiger partial charge on any atom is -0.508 e. The van der Waals surface area contributed by atoms with Crippen LogP contribution in [0, 0.1) is 5.92 Å². The molecule has 0 saturated heterocycles. The molecule has 0 spiro atoms. The molecule has 0 saturated carbocycles. The highest BCUT2D eigenvalue weighted by Crippen LogP contribution is 2.23. The number of aliphatic carboxylic acids is 1. The molecule has 0 aliphatic rings. The SMILES string of the molecule is CCCN(CCC(C)c1cccc(O)c1)CC(Cc1ccccc1)C(=O)O. The Morgan fingerprint density at radius 3 is 2.44 bits per heavy atom. The highest BCUT2D eigenvalue weighted by molar-refractivity contribution is 5.70. The molecule has 2 rings (SSSR count). The van der Waals surface area contributed by atoms with Crippen molar-refractivity contribution in [2.45, 2.75) is 39.0 Å². The van der Waals surface area contributed by atoms with E-state index < -0.39 is 11.9 Å². The number of hydrogen-bond donors (Lipinski definition) is 2. The Morgan fingerprint density at radius 1 is 1.07 bits per heavy atom. The number of rotatable bonds is 11. The van der Waals surface area contributed by atoms with Gasteiger partial charge in [-0.1, -0.05) is 56.3 Å². The van der Waals surface area contributed by atoms with Crippen LogP contribution in [0.25, 0.3) is 0 Å². The average Bonchev–Trinajstić information content (AvgIpc) is 2.66. The monoisotopic (exact) mass is 369 g/mol. The maximum Gasteiger partial charge on any atom is 0.308 e. The molecule has 0 aliphatic heterocycles. The van der Waals surface area contributed by atoms with Gasteiger partial charge >= 0.3 is 5.97 Å². The summed E-state index contributed by atoms with van der Waals surface area (Å²) in [6.07, 6.45) is 2.48. The van der Waals surface area contributed by atoms with Crippen LogP contribution < -0.4 is 0 Å². The third-order valence-electron chi connectivity index (χ3n) is 5.01. The van der Waals surface area contributed by atoms with Gasteiger partial charge in [0.15, 0.2) is 0 Å². The fourth-order valence-electron chi connectivity index (χ4n) is 3.43. The summed E-state index contributed by atoms with van der Waals surface area (Å²) in [6, 6.07) is 17.2. The number of carbonyl (C=O) groups is 1. The Bertz CT molecular complexity index is 702. The molecular formula is C23H31NO3. The Labute approximate surface area is 162 Å². The van der Waals surface area contributed by atoms with E-state index in [-0.39, 0.29) is 0 Å². The quantitative estimate of drug-likeness (QED) is 0.610. The second-order valence-corrected chi connectivity index (χ2v) is 7.31. The number of carboxylic acids is 1. The van der Waals surface area contributed by atoms with Gasteiger partial charge in [0.2, 0.25) is 0 Å². The molecule has 2 aromatic carbocycles. The summed E-state index contributed by atoms with van der Waals surface area (Å²) in [6.45, 7) is 6.58. The second-order valence-electron chi connectivity index (χ2n) is 7.31. The molecule has 4 heteroatoms. The lowest BCUT2D eigenvalue weighted by Crippen LogP contribution is -2.36. The van der Waals surface area contributed by atoms with Crippen LogP contribution in [0.15, 0.2) is 54.6 Å². The molecule has 0 aromatic heterocycles. The first kappa shape index (κ1) is 21.0. The van der Waals surface area contributed by atoms with Gasteiger partial charge in [0.25, 0.3) is 0 Å². The third-order valence-corrected chi connectivity index (χ3v) is 5.01. The van der Waals surface area contributed by atoms with Gasteiger partial charge in [0.05, 0.1) is 5.92 Å². The van der Waals surface area contributed by atoms with Gasteiger partial charge in [-0.2, -0.15) is 0 Å². The van der Waals surface area contributed by atoms with Crippen LogP contribution >= 0.6 is 0 Å². The van der Waals surface area contributed by atoms with Gasteiger partial charge in [-0.15, -0.1) is 0 Å². The molecule has 0 amide bonds. The van der Waals surface area contributed by atoms with Gasteiger partial charge in [0.1, 0.15) is 5.75 Å². The van der Waals surface area contributed by atoms with Gasteiger partial charge in [-0.05, 0) is 61.5 Å². The summed E-state index contributed by atoms with van der Waals surface area (Å²) in [5, 5.41) is 19.4. The molecule has 2 aromatic rings. The Kier molecular flexibility index (Phi) is 8.34. The van der Waals surface area contributed by atoms with E-state index in [2.05, 4.69) is 18.7 Å². The molecule has 2 unspecified atom stereocenters. The van der Waals surface area contributed by atoms with Crippen LogP contribution in [0.2, 0.25) is 0 Å². The molecule has 2 N–H and O–H groups in total. The number of nitrogens with zero attached hydrogens (tertiary/aromatic N) is 1. The van der Waals surface area contributed by atoms with E-state index in [9.17, 15) is 15.0 Å². The van der Waals surface area contributed by atoms with Gasteiger partial charge in [-0.3, -0.25) is 4.79 Å². The molecule has 2 atom stereocenters. The Morgan fingerprint density at radius 2 is 1.81 bits per heavy atom. The lowest BCUT2D eigenvalue weighted by molar-refractivity contribution is -0.142. The van der Waals surface area contributed by atoms with E-state index >= 15 is 0 Å². The molecular weight excluding hydrogens is 338 g/mol. The molecule has 146 valence electrons. The van der Waals surface area contributed by atoms with E-state index in [1.165, 1.54) is 0 Å². The van der Waals surface area contributed by atoms with Crippen molar-refractivity contribution in [1.82, 2.24) is 4.90 Å². The van der Waals surface area contributed by atoms with Crippen molar-refractivity contribution >= 4 is 5.97 Å². The number of phenolic OH excluding ortho intramolecular Hbond substituents is 1. The number of hydrogen-bond acceptors (Lipinski definition) is 3. The smallest absolute Gasteiger partial charge is 0.308 e. The van der Waals surface area contributed by atoms with E-state index in [4.69, 9.17) is 0 Å². The summed E-state index contributed by atoms with van der Waals surface area (Å²) in [5.41, 5.74) is 2.18. The number of benzene rings is 2. The summed E-state index contributed by atoms with van der Waals surface area (Å²) < 4.78 is 0. The first-order valence-corrected chi connectivity index (χ1v) is 9.77. The van der Waals surface area contributed by atoms with Gasteiger partial charge in [-0.25, -0.2) is 0 Å². The van der Waals surface area contributed by atoms with Crippen LogP contribution in [-0.2, 0) is 11.2 Å². The number of aromatic hydroxyl groups is 1. The zero-order valence-corrected chi connectivity index (χ0v) is 16.3. The summed E-state index contributed by atoms with van der Waals surface area (Å²) >= 11 is 0. The number of phenols is 1. The van der Waals surface area contributed by atoms with Crippen molar-refractivity contribution in [1.29, 1.82) is 0 Å². The van der Waals surface area contributed by atoms with Crippen molar-refractivity contribution in [3.8, 4) is 5.75 Å². The van der Waals surface area contributed by atoms with E-state index in [1.54, 1.807) is 6.07 Å². The molecule has 0 heterocycles. The predicted octanol–water partition coefficient (Wildman–Crippen LogP) is 4.54. The van der Waals surface area contributed by atoms with Crippen molar-refractivity contribution in [2.24, 2.45) is 5.92 Å². The molecule has 27 heavy (non-hydrogen) atoms. The lowest BCUT2D eigenvalue weighted by Gasteiger charge is -2.26. The van der Waals surface area contributed by atoms with Gasteiger partial charge in [0, 0.05) is 6.54 Å². The van der Waals surface area contributed by atoms with E-state index in [0.29, 0.717) is 24.6 Å². The van der Waals surface area contributed by atoms with E-state index in [0.717, 1.165) is 37.1 Å². The Hall–Kier alpha value is -2.33. The first-order chi connectivity index (χ1) is 13.0. The summed E-state index contributed by atoms with van der Waals surface area (Å²) in [7, 11) is 0. The van der Waals surface area contributed by atoms with Crippen LogP contribution in [0.5, 0.6) is 5.75 Å². The topological polar surface area (TPSA) is 60.8 Å². The Balaban J connectivity index is 1.96. The second kappa shape index (κ2) is 10.7. The molecule has 0 bridgehead atoms.